The van der Waals surface area contributed by atoms with Gasteiger partial charge < -0.3 is 9.64 Å². The van der Waals surface area contributed by atoms with E-state index >= 15 is 0 Å². The van der Waals surface area contributed by atoms with E-state index in [1.807, 2.05) is 13.8 Å². The van der Waals surface area contributed by atoms with Gasteiger partial charge in [-0.05, 0) is 19.9 Å². The van der Waals surface area contributed by atoms with E-state index in [2.05, 4.69) is 4.98 Å². The molecule has 1 aromatic heterocycles. The molecule has 0 spiro atoms. The molecular weight excluding hydrogens is 192 g/mol. The molecule has 4 nitrogen and oxygen atoms in total. The van der Waals surface area contributed by atoms with Crippen LogP contribution < -0.4 is 4.74 Å². The van der Waals surface area contributed by atoms with Gasteiger partial charge in [-0.3, -0.25) is 9.78 Å². The Morgan fingerprint density at radius 2 is 2.13 bits per heavy atom. The molecule has 0 radical (unpaired) electrons. The van der Waals surface area contributed by atoms with Crippen molar-refractivity contribution >= 4 is 5.91 Å². The number of rotatable bonds is 4. The van der Waals surface area contributed by atoms with Gasteiger partial charge in [0, 0.05) is 19.3 Å². The van der Waals surface area contributed by atoms with Crippen LogP contribution in [0.5, 0.6) is 5.75 Å². The second-order valence-corrected chi connectivity index (χ2v) is 3.05. The third-order valence-corrected chi connectivity index (χ3v) is 2.29. The van der Waals surface area contributed by atoms with Gasteiger partial charge >= 0.3 is 0 Å². The van der Waals surface area contributed by atoms with Crippen molar-refractivity contribution < 1.29 is 9.53 Å². The number of methoxy groups -OCH3 is 1. The minimum Gasteiger partial charge on any atom is -0.494 e. The highest BCUT2D eigenvalue weighted by molar-refractivity contribution is 5.96. The van der Waals surface area contributed by atoms with Crippen LogP contribution in [0.1, 0.15) is 24.2 Å². The Balaban J connectivity index is 2.99. The standard InChI is InChI=1S/C11H16N2O2/c1-4-13(5-2)11(14)9-6-7-12-8-10(9)15-3/h6-8H,4-5H2,1-3H3. The fourth-order valence-electron chi connectivity index (χ4n) is 1.40. The van der Waals surface area contributed by atoms with Gasteiger partial charge in [-0.2, -0.15) is 0 Å². The van der Waals surface area contributed by atoms with E-state index < -0.39 is 0 Å². The van der Waals surface area contributed by atoms with E-state index in [4.69, 9.17) is 4.74 Å². The highest BCUT2D eigenvalue weighted by Gasteiger charge is 2.16. The molecule has 0 aliphatic heterocycles. The number of nitrogens with zero attached hydrogens (tertiary/aromatic N) is 2. The van der Waals surface area contributed by atoms with Crippen molar-refractivity contribution in [1.29, 1.82) is 0 Å². The molecule has 1 heterocycles. The van der Waals surface area contributed by atoms with E-state index in [-0.39, 0.29) is 5.91 Å². The van der Waals surface area contributed by atoms with E-state index in [0.717, 1.165) is 0 Å². The summed E-state index contributed by atoms with van der Waals surface area (Å²) in [6, 6.07) is 1.68. The van der Waals surface area contributed by atoms with Gasteiger partial charge in [-0.25, -0.2) is 0 Å². The Morgan fingerprint density at radius 1 is 1.47 bits per heavy atom. The third-order valence-electron chi connectivity index (χ3n) is 2.29. The summed E-state index contributed by atoms with van der Waals surface area (Å²) in [5.41, 5.74) is 0.566. The number of hydrogen-bond acceptors (Lipinski definition) is 3. The molecule has 4 heteroatoms. The average molecular weight is 208 g/mol. The summed E-state index contributed by atoms with van der Waals surface area (Å²) < 4.78 is 5.10. The molecular formula is C11H16N2O2. The van der Waals surface area contributed by atoms with E-state index in [0.29, 0.717) is 24.4 Å². The Morgan fingerprint density at radius 3 is 2.67 bits per heavy atom. The zero-order chi connectivity index (χ0) is 11.3. The maximum absolute atomic E-state index is 12.0. The number of carbonyl (C=O) groups excluding carboxylic acids is 1. The topological polar surface area (TPSA) is 42.4 Å². The Bertz CT molecular complexity index is 335. The van der Waals surface area contributed by atoms with Gasteiger partial charge in [0.1, 0.15) is 5.75 Å². The van der Waals surface area contributed by atoms with Gasteiger partial charge in [0.15, 0.2) is 0 Å². The molecule has 0 unspecified atom stereocenters. The van der Waals surface area contributed by atoms with Crippen LogP contribution in [0.4, 0.5) is 0 Å². The van der Waals surface area contributed by atoms with Crippen LogP contribution in [-0.2, 0) is 0 Å². The lowest BCUT2D eigenvalue weighted by atomic mass is 10.2. The Kier molecular flexibility index (Phi) is 4.09. The van der Waals surface area contributed by atoms with Crippen LogP contribution >= 0.6 is 0 Å². The lowest BCUT2D eigenvalue weighted by molar-refractivity contribution is 0.0769. The molecule has 1 rings (SSSR count). The number of aromatic nitrogens is 1. The van der Waals surface area contributed by atoms with Crippen LogP contribution in [0.15, 0.2) is 18.5 Å². The fourth-order valence-corrected chi connectivity index (χ4v) is 1.40. The first-order valence-electron chi connectivity index (χ1n) is 5.01. The zero-order valence-corrected chi connectivity index (χ0v) is 9.36. The summed E-state index contributed by atoms with van der Waals surface area (Å²) >= 11 is 0. The SMILES string of the molecule is CCN(CC)C(=O)c1ccncc1OC. The van der Waals surface area contributed by atoms with Gasteiger partial charge in [0.2, 0.25) is 0 Å². The van der Waals surface area contributed by atoms with Gasteiger partial charge in [0.05, 0.1) is 18.9 Å². The Hall–Kier alpha value is -1.58. The summed E-state index contributed by atoms with van der Waals surface area (Å²) in [5.74, 6) is 0.508. The quantitative estimate of drug-likeness (QED) is 0.754. The first kappa shape index (κ1) is 11.5. The molecule has 0 bridgehead atoms. The summed E-state index contributed by atoms with van der Waals surface area (Å²) in [6.07, 6.45) is 3.15. The molecule has 0 aliphatic carbocycles. The summed E-state index contributed by atoms with van der Waals surface area (Å²) in [6.45, 7) is 5.30. The van der Waals surface area contributed by atoms with Crippen molar-refractivity contribution in [3.05, 3.63) is 24.0 Å². The number of hydrogen-bond donors (Lipinski definition) is 0. The van der Waals surface area contributed by atoms with Crippen molar-refractivity contribution in [3.8, 4) is 5.75 Å². The van der Waals surface area contributed by atoms with Crippen molar-refractivity contribution in [2.45, 2.75) is 13.8 Å². The molecule has 0 saturated carbocycles. The molecule has 0 N–H and O–H groups in total. The minimum absolute atomic E-state index is 0.0146. The largest absolute Gasteiger partial charge is 0.494 e. The molecule has 0 fully saturated rings. The summed E-state index contributed by atoms with van der Waals surface area (Å²) in [7, 11) is 1.54. The highest BCUT2D eigenvalue weighted by Crippen LogP contribution is 2.17. The molecule has 82 valence electrons. The van der Waals surface area contributed by atoms with Crippen LogP contribution in [0.2, 0.25) is 0 Å². The van der Waals surface area contributed by atoms with Gasteiger partial charge in [-0.15, -0.1) is 0 Å². The second-order valence-electron chi connectivity index (χ2n) is 3.05. The average Bonchev–Trinajstić information content (AvgIpc) is 2.30. The first-order chi connectivity index (χ1) is 7.24. The maximum Gasteiger partial charge on any atom is 0.257 e. The number of amides is 1. The van der Waals surface area contributed by atoms with Crippen molar-refractivity contribution in [3.63, 3.8) is 0 Å². The predicted octanol–water partition coefficient (Wildman–Crippen LogP) is 1.57. The zero-order valence-electron chi connectivity index (χ0n) is 9.36. The maximum atomic E-state index is 12.0. The predicted molar refractivity (Wildman–Crippen MR) is 58.0 cm³/mol. The molecule has 1 aromatic rings. The number of ether oxygens (including phenoxy) is 1. The lowest BCUT2D eigenvalue weighted by Crippen LogP contribution is -2.30. The van der Waals surface area contributed by atoms with E-state index in [9.17, 15) is 4.79 Å². The molecule has 1 amide bonds. The smallest absolute Gasteiger partial charge is 0.257 e. The second kappa shape index (κ2) is 5.34. The molecule has 0 saturated heterocycles. The van der Waals surface area contributed by atoms with Crippen molar-refractivity contribution in [1.82, 2.24) is 9.88 Å². The van der Waals surface area contributed by atoms with Crippen LogP contribution in [0, 0.1) is 0 Å². The van der Waals surface area contributed by atoms with Crippen LogP contribution in [0.25, 0.3) is 0 Å². The van der Waals surface area contributed by atoms with Crippen LogP contribution in [0.3, 0.4) is 0 Å². The molecule has 0 aromatic carbocycles. The summed E-state index contributed by atoms with van der Waals surface area (Å²) in [4.78, 5) is 17.7. The lowest BCUT2D eigenvalue weighted by Gasteiger charge is -2.19. The van der Waals surface area contributed by atoms with Gasteiger partial charge in [0.25, 0.3) is 5.91 Å². The normalized spacial score (nSPS) is 9.80. The monoisotopic (exact) mass is 208 g/mol. The third kappa shape index (κ3) is 2.46. The first-order valence-corrected chi connectivity index (χ1v) is 5.01. The van der Waals surface area contributed by atoms with Crippen molar-refractivity contribution in [2.75, 3.05) is 20.2 Å². The van der Waals surface area contributed by atoms with Crippen molar-refractivity contribution in [2.24, 2.45) is 0 Å². The van der Waals surface area contributed by atoms with E-state index in [1.165, 1.54) is 7.11 Å². The number of carbonyl (C=O) groups is 1. The van der Waals surface area contributed by atoms with E-state index in [1.54, 1.807) is 23.4 Å². The number of pyridine rings is 1. The fraction of sp³-hybridized carbons (Fsp3) is 0.455. The van der Waals surface area contributed by atoms with Gasteiger partial charge in [-0.1, -0.05) is 0 Å². The van der Waals surface area contributed by atoms with Crippen LogP contribution in [-0.4, -0.2) is 36.0 Å². The minimum atomic E-state index is -0.0146. The molecule has 15 heavy (non-hydrogen) atoms. The highest BCUT2D eigenvalue weighted by atomic mass is 16.5. The molecule has 0 aliphatic rings. The summed E-state index contributed by atoms with van der Waals surface area (Å²) in [5, 5.41) is 0. The molecule has 0 atom stereocenters. The Labute approximate surface area is 89.9 Å².